The summed E-state index contributed by atoms with van der Waals surface area (Å²) in [6.07, 6.45) is 8.04. The molecule has 0 fully saturated rings. The second-order valence-electron chi connectivity index (χ2n) is 13.0. The summed E-state index contributed by atoms with van der Waals surface area (Å²) in [4.78, 5) is 32.2. The highest BCUT2D eigenvalue weighted by atomic mass is 35.5. The van der Waals surface area contributed by atoms with Crippen LogP contribution < -0.4 is 0 Å². The molecule has 3 heterocycles. The molecule has 1 aliphatic heterocycles. The van der Waals surface area contributed by atoms with Crippen LogP contribution in [-0.4, -0.2) is 72.0 Å². The van der Waals surface area contributed by atoms with Gasteiger partial charge in [-0.3, -0.25) is 14.3 Å². The van der Waals surface area contributed by atoms with Gasteiger partial charge in [-0.1, -0.05) is 99.0 Å². The Bertz CT molecular complexity index is 1940. The molecule has 50 heavy (non-hydrogen) atoms. The predicted molar refractivity (Wildman–Crippen MR) is 197 cm³/mol. The number of benzene rings is 3. The number of carbonyl (C=O) groups is 2. The molecule has 1 N–H and O–H groups in total. The molecule has 2 aromatic heterocycles. The van der Waals surface area contributed by atoms with E-state index in [9.17, 15) is 14.7 Å². The smallest absolute Gasteiger partial charge is 0.275 e. The normalized spacial score (nSPS) is 14.1. The highest BCUT2D eigenvalue weighted by molar-refractivity contribution is 6.34. The van der Waals surface area contributed by atoms with Gasteiger partial charge in [0.2, 0.25) is 0 Å². The summed E-state index contributed by atoms with van der Waals surface area (Å²) < 4.78 is 3.50. The Balaban J connectivity index is 1.41. The minimum atomic E-state index is -0.396. The van der Waals surface area contributed by atoms with E-state index in [4.69, 9.17) is 16.7 Å². The quantitative estimate of drug-likeness (QED) is 0.139. The summed E-state index contributed by atoms with van der Waals surface area (Å²) in [7, 11) is 0. The van der Waals surface area contributed by atoms with E-state index in [1.807, 2.05) is 77.3 Å². The van der Waals surface area contributed by atoms with Crippen LogP contribution in [0.15, 0.2) is 85.2 Å². The molecule has 5 aromatic rings. The molecule has 0 saturated heterocycles. The van der Waals surface area contributed by atoms with Crippen molar-refractivity contribution >= 4 is 23.4 Å². The van der Waals surface area contributed by atoms with Gasteiger partial charge in [0, 0.05) is 31.4 Å². The first-order chi connectivity index (χ1) is 24.3. The Hall–Kier alpha value is -4.73. The molecule has 1 atom stereocenters. The van der Waals surface area contributed by atoms with E-state index in [2.05, 4.69) is 37.1 Å². The first-order valence-electron chi connectivity index (χ1n) is 17.6. The van der Waals surface area contributed by atoms with Crippen molar-refractivity contribution in [2.24, 2.45) is 0 Å². The first kappa shape index (κ1) is 35.1. The minimum Gasteiger partial charge on any atom is -0.394 e. The van der Waals surface area contributed by atoms with Crippen LogP contribution in [0.5, 0.6) is 0 Å². The zero-order valence-electron chi connectivity index (χ0n) is 29.1. The van der Waals surface area contributed by atoms with Crippen LogP contribution in [0.4, 0.5) is 0 Å². The summed E-state index contributed by atoms with van der Waals surface area (Å²) in [5, 5.41) is 20.1. The SMILES string of the molecule is CCCCN(CCCC)C(=O)c1nn(-c2ccc(-c3cnn(Cc4ccccc4)c3)cc2C(=O)N2Cc3ccccc3C[C@H]2CO)c(C)c1Cl. The Kier molecular flexibility index (Phi) is 11.1. The van der Waals surface area contributed by atoms with Crippen LogP contribution in [0.3, 0.4) is 0 Å². The third-order valence-corrected chi connectivity index (χ3v) is 9.98. The second-order valence-corrected chi connectivity index (χ2v) is 13.4. The van der Waals surface area contributed by atoms with E-state index >= 15 is 0 Å². The van der Waals surface area contributed by atoms with Gasteiger partial charge in [0.25, 0.3) is 11.8 Å². The molecule has 6 rings (SSSR count). The molecule has 0 bridgehead atoms. The number of aliphatic hydroxyl groups excluding tert-OH is 1. The lowest BCUT2D eigenvalue weighted by Gasteiger charge is -2.36. The van der Waals surface area contributed by atoms with E-state index in [1.165, 1.54) is 0 Å². The number of unbranched alkanes of at least 4 members (excludes halogenated alkanes) is 2. The van der Waals surface area contributed by atoms with Gasteiger partial charge in [-0.25, -0.2) is 4.68 Å². The van der Waals surface area contributed by atoms with Crippen molar-refractivity contribution in [3.05, 3.63) is 124 Å². The molecular formula is C40H45ClN6O3. The van der Waals surface area contributed by atoms with Crippen LogP contribution in [0, 0.1) is 6.92 Å². The summed E-state index contributed by atoms with van der Waals surface area (Å²) in [5.41, 5.74) is 6.64. The number of hydrogen-bond acceptors (Lipinski definition) is 5. The first-order valence-corrected chi connectivity index (χ1v) is 17.9. The third kappa shape index (κ3) is 7.39. The van der Waals surface area contributed by atoms with Gasteiger partial charge in [0.1, 0.15) is 0 Å². The number of hydrogen-bond donors (Lipinski definition) is 1. The van der Waals surface area contributed by atoms with Gasteiger partial charge >= 0.3 is 0 Å². The van der Waals surface area contributed by atoms with Crippen molar-refractivity contribution in [3.63, 3.8) is 0 Å². The fourth-order valence-electron chi connectivity index (χ4n) is 6.60. The predicted octanol–water partition coefficient (Wildman–Crippen LogP) is 7.35. The lowest BCUT2D eigenvalue weighted by molar-refractivity contribution is 0.0544. The summed E-state index contributed by atoms with van der Waals surface area (Å²) in [6, 6.07) is 23.4. The Labute approximate surface area is 299 Å². The molecule has 0 spiro atoms. The molecule has 260 valence electrons. The minimum absolute atomic E-state index is 0.169. The van der Waals surface area contributed by atoms with E-state index < -0.39 is 6.04 Å². The number of carbonyl (C=O) groups excluding carboxylic acids is 2. The average molecular weight is 693 g/mol. The third-order valence-electron chi connectivity index (χ3n) is 9.53. The van der Waals surface area contributed by atoms with Gasteiger partial charge in [-0.15, -0.1) is 0 Å². The van der Waals surface area contributed by atoms with E-state index in [0.29, 0.717) is 49.5 Å². The maximum Gasteiger partial charge on any atom is 0.275 e. The van der Waals surface area contributed by atoms with Gasteiger partial charge in [-0.05, 0) is 60.6 Å². The molecule has 0 unspecified atom stereocenters. The van der Waals surface area contributed by atoms with E-state index in [0.717, 1.165) is 53.5 Å². The standard InChI is InChI=1S/C40H45ClN6O3/c1-4-6-19-44(20-7-5-2)40(50)38-37(41)28(3)47(43-38)36-18-17-31(33-23-42-45(25-33)24-29-13-9-8-10-14-29)22-35(36)39(49)46-26-32-16-12-11-15-30(32)21-34(46)27-48/h8-18,22-23,25,34,48H,4-7,19-21,24,26-27H2,1-3H3/t34-/m0/s1. The maximum absolute atomic E-state index is 14.7. The van der Waals surface area contributed by atoms with E-state index in [1.54, 1.807) is 15.8 Å². The van der Waals surface area contributed by atoms with Crippen LogP contribution in [0.2, 0.25) is 5.02 Å². The molecule has 2 amide bonds. The lowest BCUT2D eigenvalue weighted by atomic mass is 9.93. The molecule has 10 heteroatoms. The summed E-state index contributed by atoms with van der Waals surface area (Å²) in [6.45, 7) is 8.10. The monoisotopic (exact) mass is 692 g/mol. The molecular weight excluding hydrogens is 648 g/mol. The van der Waals surface area contributed by atoms with E-state index in [-0.39, 0.29) is 29.1 Å². The Morgan fingerprint density at radius 1 is 0.940 bits per heavy atom. The zero-order chi connectivity index (χ0) is 35.2. The number of halogens is 1. The molecule has 1 aliphatic rings. The maximum atomic E-state index is 14.7. The average Bonchev–Trinajstić information content (AvgIpc) is 3.74. The second kappa shape index (κ2) is 15.9. The highest BCUT2D eigenvalue weighted by Gasteiger charge is 2.33. The van der Waals surface area contributed by atoms with Crippen molar-refractivity contribution in [2.45, 2.75) is 72.0 Å². The van der Waals surface area contributed by atoms with Crippen molar-refractivity contribution in [1.29, 1.82) is 0 Å². The zero-order valence-corrected chi connectivity index (χ0v) is 29.8. The molecule has 3 aromatic carbocycles. The number of aliphatic hydroxyl groups is 1. The topological polar surface area (TPSA) is 96.5 Å². The van der Waals surface area contributed by atoms with Crippen LogP contribution in [-0.2, 0) is 19.5 Å². The van der Waals surface area contributed by atoms with Crippen LogP contribution >= 0.6 is 11.6 Å². The van der Waals surface area contributed by atoms with Crippen molar-refractivity contribution in [1.82, 2.24) is 29.4 Å². The number of fused-ring (bicyclic) bond motifs is 1. The van der Waals surface area contributed by atoms with Crippen molar-refractivity contribution < 1.29 is 14.7 Å². The largest absolute Gasteiger partial charge is 0.394 e. The highest BCUT2D eigenvalue weighted by Crippen LogP contribution is 2.32. The van der Waals surface area contributed by atoms with Gasteiger partial charge in [0.05, 0.1) is 47.4 Å². The van der Waals surface area contributed by atoms with Gasteiger partial charge < -0.3 is 14.9 Å². The summed E-state index contributed by atoms with van der Waals surface area (Å²) >= 11 is 6.88. The van der Waals surface area contributed by atoms with Crippen molar-refractivity contribution in [2.75, 3.05) is 19.7 Å². The fourth-order valence-corrected chi connectivity index (χ4v) is 6.80. The number of amides is 2. The molecule has 0 radical (unpaired) electrons. The Morgan fingerprint density at radius 3 is 2.34 bits per heavy atom. The number of nitrogens with zero attached hydrogens (tertiary/aromatic N) is 6. The van der Waals surface area contributed by atoms with Crippen LogP contribution in [0.1, 0.15) is 82.8 Å². The summed E-state index contributed by atoms with van der Waals surface area (Å²) in [5.74, 6) is -0.444. The Morgan fingerprint density at radius 2 is 1.64 bits per heavy atom. The van der Waals surface area contributed by atoms with Crippen molar-refractivity contribution in [3.8, 4) is 16.8 Å². The van der Waals surface area contributed by atoms with Gasteiger partial charge in [0.15, 0.2) is 5.69 Å². The number of aromatic nitrogens is 4. The van der Waals surface area contributed by atoms with Gasteiger partial charge in [-0.2, -0.15) is 10.2 Å². The molecule has 9 nitrogen and oxygen atoms in total. The number of rotatable bonds is 13. The molecule has 0 saturated carbocycles. The fraction of sp³-hybridized carbons (Fsp3) is 0.350. The molecule has 0 aliphatic carbocycles. The lowest BCUT2D eigenvalue weighted by Crippen LogP contribution is -2.46. The van der Waals surface area contributed by atoms with Crippen LogP contribution in [0.25, 0.3) is 16.8 Å².